The van der Waals surface area contributed by atoms with E-state index in [0.717, 1.165) is 0 Å². The van der Waals surface area contributed by atoms with Crippen molar-refractivity contribution in [1.29, 1.82) is 0 Å². The third-order valence-electron chi connectivity index (χ3n) is 1.67. The van der Waals surface area contributed by atoms with Crippen LogP contribution in [0.15, 0.2) is 24.3 Å². The Morgan fingerprint density at radius 2 is 1.92 bits per heavy atom. The van der Waals surface area contributed by atoms with Crippen molar-refractivity contribution in [1.82, 2.24) is 4.90 Å². The molecule has 66 valence electrons. The standard InChI is InChI=1S/C9H12FNS/c1-11(2)9(12)7-5-3-4-6-8(7)10/h3-6,9,12H,1-2H3. The summed E-state index contributed by atoms with van der Waals surface area (Å²) in [4.78, 5) is 1.85. The second-order valence-corrected chi connectivity index (χ2v) is 3.35. The topological polar surface area (TPSA) is 3.24 Å². The third kappa shape index (κ3) is 1.99. The molecule has 12 heavy (non-hydrogen) atoms. The van der Waals surface area contributed by atoms with Crippen LogP contribution in [-0.2, 0) is 0 Å². The highest BCUT2D eigenvalue weighted by Gasteiger charge is 2.11. The van der Waals surface area contributed by atoms with Gasteiger partial charge in [-0.25, -0.2) is 4.39 Å². The lowest BCUT2D eigenvalue weighted by Crippen LogP contribution is -2.15. The van der Waals surface area contributed by atoms with Gasteiger partial charge in [0.2, 0.25) is 0 Å². The molecule has 0 N–H and O–H groups in total. The molecule has 1 nitrogen and oxygen atoms in total. The highest BCUT2D eigenvalue weighted by molar-refractivity contribution is 7.80. The van der Waals surface area contributed by atoms with Gasteiger partial charge in [0, 0.05) is 5.56 Å². The van der Waals surface area contributed by atoms with E-state index in [0.29, 0.717) is 5.56 Å². The van der Waals surface area contributed by atoms with E-state index < -0.39 is 0 Å². The van der Waals surface area contributed by atoms with Crippen LogP contribution in [0.2, 0.25) is 0 Å². The predicted molar refractivity (Wildman–Crippen MR) is 51.8 cm³/mol. The molecular weight excluding hydrogens is 173 g/mol. The van der Waals surface area contributed by atoms with Crippen LogP contribution in [-0.4, -0.2) is 19.0 Å². The van der Waals surface area contributed by atoms with Gasteiger partial charge in [-0.1, -0.05) is 18.2 Å². The molecule has 0 radical (unpaired) electrons. The van der Waals surface area contributed by atoms with Gasteiger partial charge in [-0.2, -0.15) is 12.6 Å². The molecule has 0 amide bonds. The van der Waals surface area contributed by atoms with E-state index in [1.807, 2.05) is 25.1 Å². The van der Waals surface area contributed by atoms with Crippen molar-refractivity contribution in [2.24, 2.45) is 0 Å². The van der Waals surface area contributed by atoms with E-state index in [4.69, 9.17) is 0 Å². The smallest absolute Gasteiger partial charge is 0.128 e. The SMILES string of the molecule is CN(C)C(S)c1ccccc1F. The van der Waals surface area contributed by atoms with Gasteiger partial charge >= 0.3 is 0 Å². The van der Waals surface area contributed by atoms with E-state index in [2.05, 4.69) is 12.6 Å². The fraction of sp³-hybridized carbons (Fsp3) is 0.333. The first kappa shape index (κ1) is 9.55. The average Bonchev–Trinajstić information content (AvgIpc) is 2.04. The Kier molecular flexibility index (Phi) is 3.12. The van der Waals surface area contributed by atoms with Gasteiger partial charge in [0.05, 0.1) is 5.37 Å². The molecule has 1 aromatic carbocycles. The van der Waals surface area contributed by atoms with Crippen LogP contribution in [0.1, 0.15) is 10.9 Å². The summed E-state index contributed by atoms with van der Waals surface area (Å²) >= 11 is 4.27. The molecule has 0 aliphatic heterocycles. The molecule has 0 fully saturated rings. The minimum absolute atomic E-state index is 0.175. The molecule has 0 spiro atoms. The van der Waals surface area contributed by atoms with Crippen molar-refractivity contribution in [2.45, 2.75) is 5.37 Å². The van der Waals surface area contributed by atoms with Gasteiger partial charge in [-0.15, -0.1) is 0 Å². The second kappa shape index (κ2) is 3.92. The van der Waals surface area contributed by atoms with E-state index in [9.17, 15) is 4.39 Å². The summed E-state index contributed by atoms with van der Waals surface area (Å²) in [5.74, 6) is -0.203. The van der Waals surface area contributed by atoms with Gasteiger partial charge in [0.25, 0.3) is 0 Å². The van der Waals surface area contributed by atoms with Crippen LogP contribution in [0, 0.1) is 5.82 Å². The summed E-state index contributed by atoms with van der Waals surface area (Å²) < 4.78 is 13.1. The summed E-state index contributed by atoms with van der Waals surface area (Å²) in [5.41, 5.74) is 0.617. The highest BCUT2D eigenvalue weighted by atomic mass is 32.1. The Hall–Kier alpha value is -0.540. The van der Waals surface area contributed by atoms with Gasteiger partial charge in [0.15, 0.2) is 0 Å². The molecule has 0 saturated carbocycles. The summed E-state index contributed by atoms with van der Waals surface area (Å²) in [6, 6.07) is 6.68. The second-order valence-electron chi connectivity index (χ2n) is 2.86. The predicted octanol–water partition coefficient (Wildman–Crippen LogP) is 2.32. The number of hydrogen-bond donors (Lipinski definition) is 1. The van der Waals surface area contributed by atoms with E-state index >= 15 is 0 Å². The molecule has 0 aromatic heterocycles. The molecule has 0 saturated heterocycles. The molecule has 1 atom stereocenters. The van der Waals surface area contributed by atoms with Crippen molar-refractivity contribution < 1.29 is 4.39 Å². The Morgan fingerprint density at radius 3 is 2.42 bits per heavy atom. The largest absolute Gasteiger partial charge is 0.294 e. The summed E-state index contributed by atoms with van der Waals surface area (Å²) in [6.45, 7) is 0. The van der Waals surface area contributed by atoms with Crippen LogP contribution in [0.3, 0.4) is 0 Å². The Balaban J connectivity index is 2.94. The zero-order valence-electron chi connectivity index (χ0n) is 7.16. The maximum Gasteiger partial charge on any atom is 0.128 e. The maximum absolute atomic E-state index is 13.1. The van der Waals surface area contributed by atoms with Crippen molar-refractivity contribution in [3.63, 3.8) is 0 Å². The molecule has 0 bridgehead atoms. The maximum atomic E-state index is 13.1. The molecule has 0 aliphatic rings. The van der Waals surface area contributed by atoms with E-state index in [1.54, 1.807) is 12.1 Å². The van der Waals surface area contributed by atoms with Crippen LogP contribution < -0.4 is 0 Å². The molecular formula is C9H12FNS. The lowest BCUT2D eigenvalue weighted by Gasteiger charge is -2.19. The van der Waals surface area contributed by atoms with E-state index in [1.165, 1.54) is 6.07 Å². The third-order valence-corrected chi connectivity index (χ3v) is 2.41. The van der Waals surface area contributed by atoms with Crippen molar-refractivity contribution >= 4 is 12.6 Å². The number of nitrogens with zero attached hydrogens (tertiary/aromatic N) is 1. The number of halogens is 1. The van der Waals surface area contributed by atoms with Crippen LogP contribution in [0.4, 0.5) is 4.39 Å². The quantitative estimate of drug-likeness (QED) is 0.546. The molecule has 1 rings (SSSR count). The fourth-order valence-electron chi connectivity index (χ4n) is 0.963. The molecule has 0 aliphatic carbocycles. The Morgan fingerprint density at radius 1 is 1.33 bits per heavy atom. The highest BCUT2D eigenvalue weighted by Crippen LogP contribution is 2.23. The van der Waals surface area contributed by atoms with E-state index in [-0.39, 0.29) is 11.2 Å². The minimum Gasteiger partial charge on any atom is -0.294 e. The lowest BCUT2D eigenvalue weighted by atomic mass is 10.2. The van der Waals surface area contributed by atoms with Gasteiger partial charge in [-0.3, -0.25) is 4.90 Å². The van der Waals surface area contributed by atoms with Gasteiger partial charge in [0.1, 0.15) is 5.82 Å². The Bertz CT molecular complexity index is 262. The molecule has 0 heterocycles. The summed E-state index contributed by atoms with van der Waals surface area (Å²) in [7, 11) is 3.73. The first-order valence-corrected chi connectivity index (χ1v) is 4.23. The van der Waals surface area contributed by atoms with Crippen LogP contribution in [0.5, 0.6) is 0 Å². The first-order valence-electron chi connectivity index (χ1n) is 3.72. The zero-order valence-corrected chi connectivity index (χ0v) is 8.05. The van der Waals surface area contributed by atoms with Crippen molar-refractivity contribution in [3.05, 3.63) is 35.6 Å². The molecule has 1 unspecified atom stereocenters. The van der Waals surface area contributed by atoms with Crippen LogP contribution >= 0.6 is 12.6 Å². The van der Waals surface area contributed by atoms with Crippen LogP contribution in [0.25, 0.3) is 0 Å². The molecule has 3 heteroatoms. The number of thiol groups is 1. The first-order chi connectivity index (χ1) is 5.63. The van der Waals surface area contributed by atoms with Crippen molar-refractivity contribution in [3.8, 4) is 0 Å². The average molecular weight is 185 g/mol. The summed E-state index contributed by atoms with van der Waals surface area (Å²) in [6.07, 6.45) is 0. The zero-order chi connectivity index (χ0) is 9.14. The lowest BCUT2D eigenvalue weighted by molar-refractivity contribution is 0.384. The normalized spacial score (nSPS) is 13.4. The van der Waals surface area contributed by atoms with Gasteiger partial charge in [-0.05, 0) is 20.2 Å². The number of hydrogen-bond acceptors (Lipinski definition) is 2. The fourth-order valence-corrected chi connectivity index (χ4v) is 1.17. The van der Waals surface area contributed by atoms with Gasteiger partial charge < -0.3 is 0 Å². The number of benzene rings is 1. The Labute approximate surface area is 77.6 Å². The van der Waals surface area contributed by atoms with Crippen molar-refractivity contribution in [2.75, 3.05) is 14.1 Å². The monoisotopic (exact) mass is 185 g/mol. The summed E-state index contributed by atoms with van der Waals surface area (Å²) in [5, 5.41) is -0.175. The number of rotatable bonds is 2. The molecule has 1 aromatic rings. The minimum atomic E-state index is -0.203.